The van der Waals surface area contributed by atoms with E-state index in [0.717, 1.165) is 5.56 Å². The minimum atomic E-state index is -3.73. The van der Waals surface area contributed by atoms with E-state index in [0.29, 0.717) is 17.1 Å². The lowest BCUT2D eigenvalue weighted by molar-refractivity contribution is -0.116. The highest BCUT2D eigenvalue weighted by Crippen LogP contribution is 2.17. The van der Waals surface area contributed by atoms with Gasteiger partial charge >= 0.3 is 0 Å². The minimum absolute atomic E-state index is 0.00145. The number of carbonyl (C=O) groups excluding carboxylic acids is 1. The molecule has 0 aliphatic carbocycles. The predicted octanol–water partition coefficient (Wildman–Crippen LogP) is 2.56. The molecule has 1 amide bonds. The predicted molar refractivity (Wildman–Crippen MR) is 86.2 cm³/mol. The van der Waals surface area contributed by atoms with Gasteiger partial charge in [0.15, 0.2) is 0 Å². The Morgan fingerprint density at radius 3 is 2.32 bits per heavy atom. The summed E-state index contributed by atoms with van der Waals surface area (Å²) in [6.07, 6.45) is 0.807. The van der Waals surface area contributed by atoms with Gasteiger partial charge in [0.2, 0.25) is 15.9 Å². The smallest absolute Gasteiger partial charge is 0.238 e. The number of sulfonamides is 1. The molecule has 0 spiro atoms. The number of nitrogens with two attached hydrogens (primary N) is 1. The molecule has 0 bridgehead atoms. The second-order valence-corrected chi connectivity index (χ2v) is 6.68. The van der Waals surface area contributed by atoms with Gasteiger partial charge in [-0.1, -0.05) is 29.8 Å². The number of benzene rings is 2. The van der Waals surface area contributed by atoms with Crippen LogP contribution in [-0.2, 0) is 21.2 Å². The lowest BCUT2D eigenvalue weighted by Gasteiger charge is -2.07. The van der Waals surface area contributed by atoms with E-state index < -0.39 is 10.0 Å². The summed E-state index contributed by atoms with van der Waals surface area (Å²) in [6, 6.07) is 13.0. The third-order valence-corrected chi connectivity index (χ3v) is 4.34. The van der Waals surface area contributed by atoms with Crippen LogP contribution >= 0.6 is 11.6 Å². The van der Waals surface area contributed by atoms with Gasteiger partial charge in [0, 0.05) is 17.1 Å². The average molecular weight is 339 g/mol. The van der Waals surface area contributed by atoms with Crippen LogP contribution in [0.5, 0.6) is 0 Å². The number of halogens is 1. The molecule has 2 aromatic rings. The Labute approximate surface area is 134 Å². The van der Waals surface area contributed by atoms with Crippen molar-refractivity contribution in [2.75, 3.05) is 5.32 Å². The second-order valence-electron chi connectivity index (χ2n) is 4.71. The quantitative estimate of drug-likeness (QED) is 0.878. The molecular formula is C15H15ClN2O3S. The van der Waals surface area contributed by atoms with E-state index in [-0.39, 0.29) is 17.2 Å². The molecule has 5 nitrogen and oxygen atoms in total. The number of primary sulfonamides is 1. The summed E-state index contributed by atoms with van der Waals surface area (Å²) in [5.41, 5.74) is 1.42. The van der Waals surface area contributed by atoms with Crippen molar-refractivity contribution in [2.24, 2.45) is 5.14 Å². The summed E-state index contributed by atoms with van der Waals surface area (Å²) in [6.45, 7) is 0. The van der Waals surface area contributed by atoms with E-state index in [1.165, 1.54) is 24.3 Å². The molecule has 0 heterocycles. The number of amides is 1. The first kappa shape index (κ1) is 16.5. The molecule has 2 aromatic carbocycles. The molecule has 0 radical (unpaired) electrons. The Morgan fingerprint density at radius 2 is 1.73 bits per heavy atom. The highest BCUT2D eigenvalue weighted by atomic mass is 35.5. The van der Waals surface area contributed by atoms with E-state index in [4.69, 9.17) is 16.7 Å². The van der Waals surface area contributed by atoms with Gasteiger partial charge in [0.1, 0.15) is 0 Å². The fraction of sp³-hybridized carbons (Fsp3) is 0.133. The molecule has 0 aromatic heterocycles. The molecule has 0 fully saturated rings. The molecule has 0 saturated heterocycles. The third kappa shape index (κ3) is 4.56. The minimum Gasteiger partial charge on any atom is -0.326 e. The Balaban J connectivity index is 1.94. The largest absolute Gasteiger partial charge is 0.326 e. The van der Waals surface area contributed by atoms with Crippen molar-refractivity contribution in [2.45, 2.75) is 17.7 Å². The van der Waals surface area contributed by atoms with E-state index in [9.17, 15) is 13.2 Å². The first-order chi connectivity index (χ1) is 10.4. The maximum absolute atomic E-state index is 11.9. The molecule has 22 heavy (non-hydrogen) atoms. The maximum Gasteiger partial charge on any atom is 0.238 e. The van der Waals surface area contributed by atoms with Gasteiger partial charge in [-0.05, 0) is 42.3 Å². The molecule has 7 heteroatoms. The summed E-state index contributed by atoms with van der Waals surface area (Å²) >= 11 is 6.03. The van der Waals surface area contributed by atoms with E-state index in [1.54, 1.807) is 6.07 Å². The molecular weight excluding hydrogens is 324 g/mol. The molecule has 3 N–H and O–H groups in total. The summed E-state index contributed by atoms with van der Waals surface area (Å²) in [5.74, 6) is -0.178. The van der Waals surface area contributed by atoms with Crippen molar-refractivity contribution in [3.8, 4) is 0 Å². The van der Waals surface area contributed by atoms with Crippen molar-refractivity contribution in [3.05, 3.63) is 59.1 Å². The number of aryl methyl sites for hydroxylation is 1. The third-order valence-electron chi connectivity index (χ3n) is 3.05. The second kappa shape index (κ2) is 6.91. The Hall–Kier alpha value is -1.89. The average Bonchev–Trinajstić information content (AvgIpc) is 2.46. The monoisotopic (exact) mass is 338 g/mol. The summed E-state index contributed by atoms with van der Waals surface area (Å²) in [7, 11) is -3.73. The van der Waals surface area contributed by atoms with Crippen molar-refractivity contribution >= 4 is 33.2 Å². The van der Waals surface area contributed by atoms with Gasteiger partial charge in [-0.25, -0.2) is 13.6 Å². The fourth-order valence-electron chi connectivity index (χ4n) is 1.90. The standard InChI is InChI=1S/C15H15ClN2O3S/c16-14-4-2-1-3-11(14)5-10-15(19)18-12-6-8-13(9-7-12)22(17,20)21/h1-4,6-9H,5,10H2,(H,18,19)(H2,17,20,21). The van der Waals surface area contributed by atoms with E-state index >= 15 is 0 Å². The summed E-state index contributed by atoms with van der Waals surface area (Å²) < 4.78 is 22.3. The lowest BCUT2D eigenvalue weighted by Crippen LogP contribution is -2.14. The normalized spacial score (nSPS) is 11.2. The summed E-state index contributed by atoms with van der Waals surface area (Å²) in [4.78, 5) is 11.9. The van der Waals surface area contributed by atoms with Crippen LogP contribution in [0.15, 0.2) is 53.4 Å². The fourth-order valence-corrected chi connectivity index (χ4v) is 2.65. The van der Waals surface area contributed by atoms with E-state index in [1.807, 2.05) is 18.2 Å². The number of rotatable bonds is 5. The van der Waals surface area contributed by atoms with E-state index in [2.05, 4.69) is 5.32 Å². The van der Waals surface area contributed by atoms with Crippen molar-refractivity contribution in [1.29, 1.82) is 0 Å². The maximum atomic E-state index is 11.9. The zero-order valence-electron chi connectivity index (χ0n) is 11.6. The van der Waals surface area contributed by atoms with Gasteiger partial charge < -0.3 is 5.32 Å². The summed E-state index contributed by atoms with van der Waals surface area (Å²) in [5, 5.41) is 8.33. The Morgan fingerprint density at radius 1 is 1.09 bits per heavy atom. The molecule has 0 aliphatic rings. The SMILES string of the molecule is NS(=O)(=O)c1ccc(NC(=O)CCc2ccccc2Cl)cc1. The molecule has 116 valence electrons. The molecule has 0 aliphatic heterocycles. The topological polar surface area (TPSA) is 89.3 Å². The van der Waals surface area contributed by atoms with Gasteiger partial charge in [-0.3, -0.25) is 4.79 Å². The Bertz CT molecular complexity index is 774. The zero-order valence-corrected chi connectivity index (χ0v) is 13.2. The van der Waals surface area contributed by atoms with Gasteiger partial charge in [0.05, 0.1) is 4.90 Å². The van der Waals surface area contributed by atoms with Crippen LogP contribution in [0.25, 0.3) is 0 Å². The van der Waals surface area contributed by atoms with Crippen LogP contribution in [0.1, 0.15) is 12.0 Å². The van der Waals surface area contributed by atoms with Crippen molar-refractivity contribution in [1.82, 2.24) is 0 Å². The van der Waals surface area contributed by atoms with Crippen LogP contribution in [-0.4, -0.2) is 14.3 Å². The molecule has 0 unspecified atom stereocenters. The number of carbonyl (C=O) groups is 1. The number of nitrogens with one attached hydrogen (secondary N) is 1. The first-order valence-electron chi connectivity index (χ1n) is 6.52. The zero-order chi connectivity index (χ0) is 16.2. The van der Waals surface area contributed by atoms with Crippen LogP contribution in [0.2, 0.25) is 5.02 Å². The number of anilines is 1. The van der Waals surface area contributed by atoms with Gasteiger partial charge in [-0.2, -0.15) is 0 Å². The molecule has 0 saturated carbocycles. The van der Waals surface area contributed by atoms with Crippen LogP contribution < -0.4 is 10.5 Å². The van der Waals surface area contributed by atoms with Crippen molar-refractivity contribution in [3.63, 3.8) is 0 Å². The lowest BCUT2D eigenvalue weighted by atomic mass is 10.1. The van der Waals surface area contributed by atoms with Crippen molar-refractivity contribution < 1.29 is 13.2 Å². The number of hydrogen-bond acceptors (Lipinski definition) is 3. The molecule has 2 rings (SSSR count). The molecule has 0 atom stereocenters. The Kier molecular flexibility index (Phi) is 5.18. The highest BCUT2D eigenvalue weighted by molar-refractivity contribution is 7.89. The highest BCUT2D eigenvalue weighted by Gasteiger charge is 2.08. The van der Waals surface area contributed by atoms with Gasteiger partial charge in [0.25, 0.3) is 0 Å². The van der Waals surface area contributed by atoms with Crippen LogP contribution in [0, 0.1) is 0 Å². The van der Waals surface area contributed by atoms with Crippen LogP contribution in [0.3, 0.4) is 0 Å². The van der Waals surface area contributed by atoms with Gasteiger partial charge in [-0.15, -0.1) is 0 Å². The first-order valence-corrected chi connectivity index (χ1v) is 8.45. The van der Waals surface area contributed by atoms with Crippen LogP contribution in [0.4, 0.5) is 5.69 Å². The number of hydrogen-bond donors (Lipinski definition) is 2.